The minimum atomic E-state index is -0.332. The van der Waals surface area contributed by atoms with Gasteiger partial charge in [-0.2, -0.15) is 0 Å². The molecule has 3 unspecified atom stereocenters. The number of benzene rings is 2. The molecule has 0 aliphatic heterocycles. The fourth-order valence-electron chi connectivity index (χ4n) is 4.43. The lowest BCUT2D eigenvalue weighted by Gasteiger charge is -2.46. The summed E-state index contributed by atoms with van der Waals surface area (Å²) in [6.07, 6.45) is 3.23. The molecule has 0 radical (unpaired) electrons. The van der Waals surface area contributed by atoms with Crippen molar-refractivity contribution in [2.75, 3.05) is 0 Å². The Hall–Kier alpha value is -1.38. The minimum absolute atomic E-state index is 0.115. The van der Waals surface area contributed by atoms with E-state index in [2.05, 4.69) is 84.9 Å². The molecular weight excluding hydrogens is 372 g/mol. The number of aliphatic hydroxyl groups excluding tert-OH is 1. The third-order valence-electron chi connectivity index (χ3n) is 5.92. The molecule has 0 spiro atoms. The Morgan fingerprint density at radius 1 is 1.20 bits per heavy atom. The summed E-state index contributed by atoms with van der Waals surface area (Å²) in [7, 11) is 0. The summed E-state index contributed by atoms with van der Waals surface area (Å²) in [5, 5.41) is 10.7. The molecular formula is C23H27BrO. The molecule has 0 saturated heterocycles. The number of fused-ring (bicyclic) bond motifs is 1. The van der Waals surface area contributed by atoms with E-state index in [4.69, 9.17) is 0 Å². The third-order valence-corrected chi connectivity index (χ3v) is 6.41. The lowest BCUT2D eigenvalue weighted by atomic mass is 9.58. The molecule has 0 saturated carbocycles. The summed E-state index contributed by atoms with van der Waals surface area (Å²) >= 11 is 3.62. The third kappa shape index (κ3) is 3.35. The van der Waals surface area contributed by atoms with E-state index in [0.717, 1.165) is 30.2 Å². The Bertz CT molecular complexity index is 752. The van der Waals surface area contributed by atoms with Gasteiger partial charge in [0, 0.05) is 15.8 Å². The van der Waals surface area contributed by atoms with Crippen molar-refractivity contribution in [3.8, 4) is 0 Å². The molecule has 132 valence electrons. The molecule has 1 aliphatic carbocycles. The first kappa shape index (κ1) is 18.4. The number of hydrogen-bond acceptors (Lipinski definition) is 1. The predicted molar refractivity (Wildman–Crippen MR) is 109 cm³/mol. The largest absolute Gasteiger partial charge is 0.393 e. The van der Waals surface area contributed by atoms with E-state index in [9.17, 15) is 5.11 Å². The number of rotatable bonds is 5. The molecule has 0 aromatic heterocycles. The van der Waals surface area contributed by atoms with E-state index >= 15 is 0 Å². The summed E-state index contributed by atoms with van der Waals surface area (Å²) in [6.45, 7) is 8.84. The van der Waals surface area contributed by atoms with Gasteiger partial charge in [0.1, 0.15) is 0 Å². The van der Waals surface area contributed by atoms with Gasteiger partial charge in [0.2, 0.25) is 0 Å². The van der Waals surface area contributed by atoms with Crippen LogP contribution in [0.4, 0.5) is 0 Å². The molecule has 0 heterocycles. The minimum Gasteiger partial charge on any atom is -0.393 e. The van der Waals surface area contributed by atoms with E-state index in [1.54, 1.807) is 0 Å². The Labute approximate surface area is 159 Å². The molecule has 1 nitrogen and oxygen atoms in total. The highest BCUT2D eigenvalue weighted by Gasteiger charge is 2.44. The highest BCUT2D eigenvalue weighted by molar-refractivity contribution is 9.10. The molecule has 0 amide bonds. The highest BCUT2D eigenvalue weighted by Crippen LogP contribution is 2.49. The normalized spacial score (nSPS) is 24.0. The second-order valence-electron chi connectivity index (χ2n) is 7.21. The topological polar surface area (TPSA) is 20.2 Å². The second-order valence-corrected chi connectivity index (χ2v) is 8.13. The first-order valence-electron chi connectivity index (χ1n) is 9.22. The van der Waals surface area contributed by atoms with Gasteiger partial charge in [-0.15, -0.1) is 0 Å². The first-order valence-corrected chi connectivity index (χ1v) is 10.0. The van der Waals surface area contributed by atoms with Crippen molar-refractivity contribution in [1.29, 1.82) is 0 Å². The standard InChI is InChI=1S/C23H27BrO/c1-4-22(25)20-14-18-13-19(24)11-12-21(18)23(5-2,16(20)3)15-17-9-7-6-8-10-17/h6-13,20,22,25H,3-5,14-15H2,1-2H3. The maximum absolute atomic E-state index is 10.7. The molecule has 0 bridgehead atoms. The lowest BCUT2D eigenvalue weighted by Crippen LogP contribution is -2.42. The van der Waals surface area contributed by atoms with Gasteiger partial charge < -0.3 is 5.11 Å². The summed E-state index contributed by atoms with van der Waals surface area (Å²) < 4.78 is 1.10. The van der Waals surface area contributed by atoms with Gasteiger partial charge in [-0.25, -0.2) is 0 Å². The zero-order chi connectivity index (χ0) is 18.0. The molecule has 2 heteroatoms. The van der Waals surface area contributed by atoms with Crippen LogP contribution in [0.1, 0.15) is 43.4 Å². The van der Waals surface area contributed by atoms with Gasteiger partial charge in [-0.05, 0) is 54.5 Å². The van der Waals surface area contributed by atoms with Gasteiger partial charge >= 0.3 is 0 Å². The second kappa shape index (κ2) is 7.47. The van der Waals surface area contributed by atoms with Gasteiger partial charge in [0.05, 0.1) is 6.10 Å². The maximum atomic E-state index is 10.7. The van der Waals surface area contributed by atoms with Crippen molar-refractivity contribution >= 4 is 15.9 Å². The predicted octanol–water partition coefficient (Wildman–Crippen LogP) is 5.84. The van der Waals surface area contributed by atoms with Crippen LogP contribution < -0.4 is 0 Å². The quantitative estimate of drug-likeness (QED) is 0.627. The van der Waals surface area contributed by atoms with Gasteiger partial charge in [0.25, 0.3) is 0 Å². The Kier molecular flexibility index (Phi) is 5.50. The fraction of sp³-hybridized carbons (Fsp3) is 0.391. The van der Waals surface area contributed by atoms with Crippen molar-refractivity contribution < 1.29 is 5.11 Å². The zero-order valence-corrected chi connectivity index (χ0v) is 16.7. The van der Waals surface area contributed by atoms with Crippen molar-refractivity contribution in [2.24, 2.45) is 5.92 Å². The Morgan fingerprint density at radius 3 is 2.56 bits per heavy atom. The van der Waals surface area contributed by atoms with E-state index in [0.29, 0.717) is 0 Å². The van der Waals surface area contributed by atoms with Gasteiger partial charge in [0.15, 0.2) is 0 Å². The smallest absolute Gasteiger partial charge is 0.0606 e. The average Bonchev–Trinajstić information content (AvgIpc) is 2.63. The molecule has 3 atom stereocenters. The fourth-order valence-corrected chi connectivity index (χ4v) is 4.84. The van der Waals surface area contributed by atoms with Crippen LogP contribution in [-0.4, -0.2) is 11.2 Å². The zero-order valence-electron chi connectivity index (χ0n) is 15.1. The lowest BCUT2D eigenvalue weighted by molar-refractivity contribution is 0.108. The highest BCUT2D eigenvalue weighted by atomic mass is 79.9. The Balaban J connectivity index is 2.14. The van der Waals surface area contributed by atoms with Crippen LogP contribution in [0.25, 0.3) is 0 Å². The van der Waals surface area contributed by atoms with Gasteiger partial charge in [-0.3, -0.25) is 0 Å². The van der Waals surface area contributed by atoms with Crippen LogP contribution in [-0.2, 0) is 18.3 Å². The van der Waals surface area contributed by atoms with Crippen LogP contribution in [0.2, 0.25) is 0 Å². The molecule has 2 aromatic rings. The molecule has 1 aliphatic rings. The maximum Gasteiger partial charge on any atom is 0.0606 e. The van der Waals surface area contributed by atoms with Crippen molar-refractivity contribution in [3.05, 3.63) is 81.8 Å². The van der Waals surface area contributed by atoms with Crippen LogP contribution in [0.5, 0.6) is 0 Å². The summed E-state index contributed by atoms with van der Waals surface area (Å²) in [5.41, 5.74) is 5.13. The van der Waals surface area contributed by atoms with Crippen LogP contribution in [0, 0.1) is 5.92 Å². The number of aliphatic hydroxyl groups is 1. The molecule has 3 rings (SSSR count). The summed E-state index contributed by atoms with van der Waals surface area (Å²) in [6, 6.07) is 17.3. The van der Waals surface area contributed by atoms with Crippen molar-refractivity contribution in [2.45, 2.75) is 51.0 Å². The van der Waals surface area contributed by atoms with Crippen LogP contribution in [0.15, 0.2) is 65.2 Å². The monoisotopic (exact) mass is 398 g/mol. The molecule has 2 aromatic carbocycles. The van der Waals surface area contributed by atoms with E-state index in [1.165, 1.54) is 22.3 Å². The molecule has 1 N–H and O–H groups in total. The van der Waals surface area contributed by atoms with Crippen LogP contribution in [0.3, 0.4) is 0 Å². The summed E-state index contributed by atoms with van der Waals surface area (Å²) in [5.74, 6) is 0.121. The van der Waals surface area contributed by atoms with Crippen molar-refractivity contribution in [3.63, 3.8) is 0 Å². The van der Waals surface area contributed by atoms with E-state index in [-0.39, 0.29) is 17.4 Å². The average molecular weight is 399 g/mol. The van der Waals surface area contributed by atoms with Crippen molar-refractivity contribution in [1.82, 2.24) is 0 Å². The number of halogens is 1. The summed E-state index contributed by atoms with van der Waals surface area (Å²) in [4.78, 5) is 0. The van der Waals surface area contributed by atoms with Crippen LogP contribution >= 0.6 is 15.9 Å². The first-order chi connectivity index (χ1) is 12.0. The molecule has 25 heavy (non-hydrogen) atoms. The van der Waals surface area contributed by atoms with E-state index in [1.807, 2.05) is 0 Å². The number of hydrogen-bond donors (Lipinski definition) is 1. The van der Waals surface area contributed by atoms with Gasteiger partial charge in [-0.1, -0.05) is 78.3 Å². The SMILES string of the molecule is C=C1C(C(O)CC)Cc2cc(Br)ccc2C1(CC)Cc1ccccc1. The van der Waals surface area contributed by atoms with E-state index < -0.39 is 0 Å². The molecule has 0 fully saturated rings. The Morgan fingerprint density at radius 2 is 1.92 bits per heavy atom.